The summed E-state index contributed by atoms with van der Waals surface area (Å²) in [6.07, 6.45) is 4.25. The van der Waals surface area contributed by atoms with E-state index in [-0.39, 0.29) is 18.1 Å². The molecule has 1 fully saturated rings. The maximum atomic E-state index is 11.1. The van der Waals surface area contributed by atoms with Crippen LogP contribution in [0.2, 0.25) is 0 Å². The zero-order valence-corrected chi connectivity index (χ0v) is 13.4. The van der Waals surface area contributed by atoms with Gasteiger partial charge in [0, 0.05) is 12.0 Å². The molecule has 5 nitrogen and oxygen atoms in total. The van der Waals surface area contributed by atoms with Gasteiger partial charge in [-0.05, 0) is 55.9 Å². The zero-order valence-electron chi connectivity index (χ0n) is 13.4. The van der Waals surface area contributed by atoms with E-state index in [2.05, 4.69) is 5.48 Å². The molecule has 2 aliphatic rings. The van der Waals surface area contributed by atoms with E-state index < -0.39 is 5.97 Å². The van der Waals surface area contributed by atoms with Gasteiger partial charge in [0.15, 0.2) is 0 Å². The molecule has 1 heterocycles. The molecule has 3 rings (SSSR count). The number of aliphatic carboxylic acids is 1. The van der Waals surface area contributed by atoms with Gasteiger partial charge in [-0.2, -0.15) is 5.48 Å². The molecule has 5 heteroatoms. The number of rotatable bonds is 4. The number of hydroxylamine groups is 1. The molecule has 0 bridgehead atoms. The van der Waals surface area contributed by atoms with Crippen molar-refractivity contribution in [1.82, 2.24) is 5.48 Å². The Morgan fingerprint density at radius 2 is 2.23 bits per heavy atom. The summed E-state index contributed by atoms with van der Waals surface area (Å²) in [5.41, 5.74) is 6.90. The highest BCUT2D eigenvalue weighted by atomic mass is 16.6. The quantitative estimate of drug-likeness (QED) is 0.837. The Kier molecular flexibility index (Phi) is 3.87. The fourth-order valence-corrected chi connectivity index (χ4v) is 3.81. The van der Waals surface area contributed by atoms with E-state index >= 15 is 0 Å². The molecule has 1 aliphatic heterocycles. The molecule has 1 aromatic rings. The predicted octanol–water partition coefficient (Wildman–Crippen LogP) is 2.83. The number of ether oxygens (including phenoxy) is 1. The SMILES string of the molecule is CONC1CC2(CCC2)Oc2cc(C)c(CC(=O)O)c(C)c21. The lowest BCUT2D eigenvalue weighted by Gasteiger charge is -2.48. The van der Waals surface area contributed by atoms with Crippen molar-refractivity contribution in [3.05, 3.63) is 28.3 Å². The first kappa shape index (κ1) is 15.3. The molecule has 0 amide bonds. The van der Waals surface area contributed by atoms with Gasteiger partial charge < -0.3 is 14.7 Å². The zero-order chi connectivity index (χ0) is 15.9. The second-order valence-electron chi connectivity index (χ2n) is 6.50. The van der Waals surface area contributed by atoms with Crippen LogP contribution in [0.25, 0.3) is 0 Å². The van der Waals surface area contributed by atoms with Crippen LogP contribution < -0.4 is 10.2 Å². The summed E-state index contributed by atoms with van der Waals surface area (Å²) in [5.74, 6) is 0.0687. The second kappa shape index (κ2) is 5.56. The summed E-state index contributed by atoms with van der Waals surface area (Å²) in [6.45, 7) is 3.94. The third-order valence-electron chi connectivity index (χ3n) is 5.05. The first-order chi connectivity index (χ1) is 10.5. The molecular formula is C17H23NO4. The van der Waals surface area contributed by atoms with Crippen molar-refractivity contribution in [3.63, 3.8) is 0 Å². The Hall–Kier alpha value is -1.59. The van der Waals surface area contributed by atoms with Gasteiger partial charge in [-0.25, -0.2) is 0 Å². The van der Waals surface area contributed by atoms with E-state index in [4.69, 9.17) is 14.7 Å². The number of hydrogen-bond acceptors (Lipinski definition) is 4. The van der Waals surface area contributed by atoms with Crippen LogP contribution in [0.15, 0.2) is 6.07 Å². The largest absolute Gasteiger partial charge is 0.487 e. The molecular weight excluding hydrogens is 282 g/mol. The minimum absolute atomic E-state index is 0.0375. The minimum atomic E-state index is -0.811. The third kappa shape index (κ3) is 2.48. The van der Waals surface area contributed by atoms with Crippen LogP contribution in [0.1, 0.15) is 54.0 Å². The fraction of sp³-hybridized carbons (Fsp3) is 0.588. The lowest BCUT2D eigenvalue weighted by molar-refractivity contribution is -0.136. The van der Waals surface area contributed by atoms with Crippen LogP contribution in [0, 0.1) is 13.8 Å². The first-order valence-electron chi connectivity index (χ1n) is 7.78. The third-order valence-corrected chi connectivity index (χ3v) is 5.05. The van der Waals surface area contributed by atoms with Crippen LogP contribution in [0.4, 0.5) is 0 Å². The first-order valence-corrected chi connectivity index (χ1v) is 7.78. The summed E-state index contributed by atoms with van der Waals surface area (Å²) in [7, 11) is 1.62. The smallest absolute Gasteiger partial charge is 0.307 e. The lowest BCUT2D eigenvalue weighted by Crippen LogP contribution is -2.49. The lowest BCUT2D eigenvalue weighted by atomic mass is 9.72. The average Bonchev–Trinajstić information content (AvgIpc) is 2.41. The number of aryl methyl sites for hydroxylation is 1. The molecule has 2 N–H and O–H groups in total. The van der Waals surface area contributed by atoms with E-state index in [1.165, 1.54) is 6.42 Å². The van der Waals surface area contributed by atoms with Crippen molar-refractivity contribution in [3.8, 4) is 5.75 Å². The van der Waals surface area contributed by atoms with Gasteiger partial charge >= 0.3 is 5.97 Å². The summed E-state index contributed by atoms with van der Waals surface area (Å²) >= 11 is 0. The monoisotopic (exact) mass is 305 g/mol. The molecule has 1 saturated carbocycles. The average molecular weight is 305 g/mol. The van der Waals surface area contributed by atoms with E-state index in [1.807, 2.05) is 19.9 Å². The highest BCUT2D eigenvalue weighted by Crippen LogP contribution is 2.50. The fourth-order valence-electron chi connectivity index (χ4n) is 3.81. The Bertz CT molecular complexity index is 607. The number of carboxylic acids is 1. The summed E-state index contributed by atoms with van der Waals surface area (Å²) in [6, 6.07) is 2.03. The predicted molar refractivity (Wildman–Crippen MR) is 82.0 cm³/mol. The molecule has 1 aromatic carbocycles. The maximum Gasteiger partial charge on any atom is 0.307 e. The van der Waals surface area contributed by atoms with Gasteiger partial charge in [0.1, 0.15) is 11.4 Å². The van der Waals surface area contributed by atoms with Crippen molar-refractivity contribution in [2.45, 2.75) is 57.6 Å². The summed E-state index contributed by atoms with van der Waals surface area (Å²) in [5, 5.41) is 9.15. The molecule has 0 radical (unpaired) electrons. The molecule has 1 spiro atoms. The van der Waals surface area contributed by atoms with E-state index in [0.29, 0.717) is 0 Å². The maximum absolute atomic E-state index is 11.1. The Morgan fingerprint density at radius 1 is 1.50 bits per heavy atom. The van der Waals surface area contributed by atoms with Crippen molar-refractivity contribution in [1.29, 1.82) is 0 Å². The van der Waals surface area contributed by atoms with Gasteiger partial charge in [0.2, 0.25) is 0 Å². The minimum Gasteiger partial charge on any atom is -0.487 e. The van der Waals surface area contributed by atoms with Crippen LogP contribution >= 0.6 is 0 Å². The van der Waals surface area contributed by atoms with Crippen LogP contribution in [-0.2, 0) is 16.1 Å². The van der Waals surface area contributed by atoms with Crippen LogP contribution in [0.5, 0.6) is 5.75 Å². The van der Waals surface area contributed by atoms with Gasteiger partial charge in [-0.1, -0.05) is 0 Å². The molecule has 120 valence electrons. The number of hydrogen-bond donors (Lipinski definition) is 2. The topological polar surface area (TPSA) is 67.8 Å². The molecule has 0 saturated heterocycles. The Morgan fingerprint density at radius 3 is 2.77 bits per heavy atom. The standard InChI is InChI=1S/C17H23NO4/c1-10-7-14-16(11(2)12(10)8-15(19)20)13(18-21-3)9-17(22-14)5-4-6-17/h7,13,18H,4-6,8-9H2,1-3H3,(H,19,20). The van der Waals surface area contributed by atoms with Crippen molar-refractivity contribution < 1.29 is 19.5 Å². The van der Waals surface area contributed by atoms with Gasteiger partial charge in [0.25, 0.3) is 0 Å². The summed E-state index contributed by atoms with van der Waals surface area (Å²) in [4.78, 5) is 16.3. The van der Waals surface area contributed by atoms with E-state index in [0.717, 1.165) is 47.3 Å². The van der Waals surface area contributed by atoms with E-state index in [1.54, 1.807) is 7.11 Å². The second-order valence-corrected chi connectivity index (χ2v) is 6.50. The highest BCUT2D eigenvalue weighted by molar-refractivity contribution is 5.72. The molecule has 0 aromatic heterocycles. The Labute approximate surface area is 130 Å². The number of carboxylic acid groups (broad SMARTS) is 1. The number of benzene rings is 1. The Balaban J connectivity index is 2.07. The summed E-state index contributed by atoms with van der Waals surface area (Å²) < 4.78 is 6.31. The highest BCUT2D eigenvalue weighted by Gasteiger charge is 2.46. The van der Waals surface area contributed by atoms with Crippen molar-refractivity contribution in [2.75, 3.05) is 7.11 Å². The molecule has 1 unspecified atom stereocenters. The van der Waals surface area contributed by atoms with Crippen molar-refractivity contribution in [2.24, 2.45) is 0 Å². The normalized spacial score (nSPS) is 21.9. The number of fused-ring (bicyclic) bond motifs is 1. The van der Waals surface area contributed by atoms with Crippen LogP contribution in [-0.4, -0.2) is 23.8 Å². The van der Waals surface area contributed by atoms with Crippen molar-refractivity contribution >= 4 is 5.97 Å². The molecule has 1 aliphatic carbocycles. The van der Waals surface area contributed by atoms with Crippen LogP contribution in [0.3, 0.4) is 0 Å². The molecule has 22 heavy (non-hydrogen) atoms. The molecule has 1 atom stereocenters. The van der Waals surface area contributed by atoms with E-state index in [9.17, 15) is 4.79 Å². The van der Waals surface area contributed by atoms with Gasteiger partial charge in [-0.3, -0.25) is 4.79 Å². The number of nitrogens with one attached hydrogen (secondary N) is 1. The number of carbonyl (C=O) groups is 1. The van der Waals surface area contributed by atoms with Gasteiger partial charge in [-0.15, -0.1) is 0 Å². The van der Waals surface area contributed by atoms with Gasteiger partial charge in [0.05, 0.1) is 19.6 Å².